The van der Waals surface area contributed by atoms with Gasteiger partial charge in [-0.2, -0.15) is 16.1 Å². The van der Waals surface area contributed by atoms with E-state index in [4.69, 9.17) is 0 Å². The fourth-order valence-corrected chi connectivity index (χ4v) is 5.85. The maximum absolute atomic E-state index is 12.6. The smallest absolute Gasteiger partial charge is 0.207 e. The minimum absolute atomic E-state index is 0.0213. The molecule has 6 heteroatoms. The second kappa shape index (κ2) is 5.15. The van der Waals surface area contributed by atoms with Gasteiger partial charge in [-0.25, -0.2) is 8.42 Å². The van der Waals surface area contributed by atoms with Gasteiger partial charge in [0.15, 0.2) is 0 Å². The topological polar surface area (TPSA) is 37.4 Å². The molecule has 1 aliphatic heterocycles. The monoisotopic (exact) mass is 349 g/mol. The van der Waals surface area contributed by atoms with Gasteiger partial charge in [0.25, 0.3) is 0 Å². The van der Waals surface area contributed by atoms with E-state index in [1.165, 1.54) is 0 Å². The van der Waals surface area contributed by atoms with Crippen LogP contribution < -0.4 is 0 Å². The summed E-state index contributed by atoms with van der Waals surface area (Å²) >= 11 is 5.14. The van der Waals surface area contributed by atoms with Gasteiger partial charge in [-0.05, 0) is 41.9 Å². The lowest BCUT2D eigenvalue weighted by molar-refractivity contribution is 0.387. The number of hydrogen-bond acceptors (Lipinski definition) is 3. The van der Waals surface area contributed by atoms with E-state index in [0.717, 1.165) is 5.75 Å². The van der Waals surface area contributed by atoms with E-state index in [1.807, 2.05) is 17.8 Å². The minimum atomic E-state index is -3.39. The lowest BCUT2D eigenvalue weighted by Gasteiger charge is -2.36. The van der Waals surface area contributed by atoms with Gasteiger partial charge in [-0.3, -0.25) is 0 Å². The number of benzene rings is 1. The molecule has 1 aromatic carbocycles. The molecule has 0 spiro atoms. The highest BCUT2D eigenvalue weighted by Crippen LogP contribution is 2.33. The van der Waals surface area contributed by atoms with Crippen molar-refractivity contribution in [2.24, 2.45) is 0 Å². The van der Waals surface area contributed by atoms with Crippen LogP contribution in [0.2, 0.25) is 0 Å². The molecule has 0 atom stereocenters. The lowest BCUT2D eigenvalue weighted by Crippen LogP contribution is -2.46. The molecule has 2 rings (SSSR count). The molecule has 0 N–H and O–H groups in total. The third-order valence-corrected chi connectivity index (χ3v) is 7.00. The molecule has 0 saturated carbocycles. The molecule has 1 saturated heterocycles. The molecule has 1 aliphatic rings. The van der Waals surface area contributed by atoms with Crippen molar-refractivity contribution in [3.63, 3.8) is 0 Å². The van der Waals surface area contributed by atoms with Crippen molar-refractivity contribution in [3.8, 4) is 0 Å². The van der Waals surface area contributed by atoms with Crippen molar-refractivity contribution in [1.82, 2.24) is 4.31 Å². The van der Waals surface area contributed by atoms with Gasteiger partial charge in [-0.1, -0.05) is 12.1 Å². The van der Waals surface area contributed by atoms with Crippen LogP contribution in [0.3, 0.4) is 0 Å². The highest BCUT2D eigenvalue weighted by atomic mass is 79.9. The van der Waals surface area contributed by atoms with E-state index in [-0.39, 0.29) is 4.75 Å². The molecule has 3 nitrogen and oxygen atoms in total. The van der Waals surface area contributed by atoms with E-state index >= 15 is 0 Å². The molecule has 18 heavy (non-hydrogen) atoms. The van der Waals surface area contributed by atoms with E-state index in [9.17, 15) is 8.42 Å². The average molecular weight is 350 g/mol. The maximum Gasteiger partial charge on any atom is 0.244 e. The first-order valence-corrected chi connectivity index (χ1v) is 8.93. The normalized spacial score (nSPS) is 20.8. The summed E-state index contributed by atoms with van der Waals surface area (Å²) in [5, 5.41) is 0. The number of halogens is 1. The summed E-state index contributed by atoms with van der Waals surface area (Å²) in [6.07, 6.45) is 0. The molecule has 1 aromatic rings. The van der Waals surface area contributed by atoms with Crippen molar-refractivity contribution in [3.05, 3.63) is 28.7 Å². The Morgan fingerprint density at radius 2 is 2.00 bits per heavy atom. The number of nitrogens with zero attached hydrogens (tertiary/aromatic N) is 1. The number of sulfonamides is 1. The number of rotatable bonds is 2. The maximum atomic E-state index is 12.6. The van der Waals surface area contributed by atoms with Crippen LogP contribution in [0.15, 0.2) is 33.6 Å². The summed E-state index contributed by atoms with van der Waals surface area (Å²) in [4.78, 5) is 0.354. The van der Waals surface area contributed by atoms with Gasteiger partial charge in [-0.15, -0.1) is 0 Å². The summed E-state index contributed by atoms with van der Waals surface area (Å²) in [6.45, 7) is 5.30. The fraction of sp³-hybridized carbons (Fsp3) is 0.500. The Morgan fingerprint density at radius 3 is 2.61 bits per heavy atom. The van der Waals surface area contributed by atoms with Gasteiger partial charge in [0.1, 0.15) is 0 Å². The first kappa shape index (κ1) is 14.4. The van der Waals surface area contributed by atoms with Crippen molar-refractivity contribution in [2.45, 2.75) is 23.5 Å². The Kier molecular flexibility index (Phi) is 4.11. The summed E-state index contributed by atoms with van der Waals surface area (Å²) in [5.74, 6) is 0.844. The first-order chi connectivity index (χ1) is 8.33. The zero-order chi connectivity index (χ0) is 13.4. The largest absolute Gasteiger partial charge is 0.244 e. The second-order valence-electron chi connectivity index (χ2n) is 4.88. The third-order valence-electron chi connectivity index (χ3n) is 2.85. The highest BCUT2D eigenvalue weighted by molar-refractivity contribution is 9.10. The molecule has 0 aromatic heterocycles. The molecule has 0 aliphatic carbocycles. The van der Waals surface area contributed by atoms with Crippen molar-refractivity contribution in [2.75, 3.05) is 18.8 Å². The van der Waals surface area contributed by atoms with Gasteiger partial charge < -0.3 is 0 Å². The minimum Gasteiger partial charge on any atom is -0.207 e. The molecule has 0 unspecified atom stereocenters. The first-order valence-electron chi connectivity index (χ1n) is 5.72. The zero-order valence-electron chi connectivity index (χ0n) is 10.4. The Morgan fingerprint density at radius 1 is 1.33 bits per heavy atom. The van der Waals surface area contributed by atoms with Crippen molar-refractivity contribution < 1.29 is 8.42 Å². The van der Waals surface area contributed by atoms with Gasteiger partial charge >= 0.3 is 0 Å². The Hall–Kier alpha value is -0.0400. The summed E-state index contributed by atoms with van der Waals surface area (Å²) < 4.78 is 27.4. The summed E-state index contributed by atoms with van der Waals surface area (Å²) in [7, 11) is -3.39. The van der Waals surface area contributed by atoms with Crippen LogP contribution in [0.4, 0.5) is 0 Å². The van der Waals surface area contributed by atoms with Crippen molar-refractivity contribution >= 4 is 37.7 Å². The van der Waals surface area contributed by atoms with Crippen LogP contribution in [0.5, 0.6) is 0 Å². The SMILES string of the molecule is CC1(C)CN(S(=O)(=O)c2ccccc2Br)CCS1. The predicted octanol–water partition coefficient (Wildman–Crippen LogP) is 2.97. The molecule has 100 valence electrons. The Labute approximate surface area is 121 Å². The average Bonchev–Trinajstić information content (AvgIpc) is 2.28. The molecular formula is C12H16BrNO2S2. The van der Waals surface area contributed by atoms with Crippen LogP contribution in [0.25, 0.3) is 0 Å². The molecule has 0 amide bonds. The highest BCUT2D eigenvalue weighted by Gasteiger charge is 2.35. The van der Waals surface area contributed by atoms with Crippen LogP contribution in [-0.4, -0.2) is 36.3 Å². The summed E-state index contributed by atoms with van der Waals surface area (Å²) in [5.41, 5.74) is 0. The summed E-state index contributed by atoms with van der Waals surface area (Å²) in [6, 6.07) is 6.98. The van der Waals surface area contributed by atoms with Crippen LogP contribution in [0, 0.1) is 0 Å². The molecular weight excluding hydrogens is 334 g/mol. The second-order valence-corrected chi connectivity index (χ2v) is 9.44. The van der Waals surface area contributed by atoms with Crippen LogP contribution >= 0.6 is 27.7 Å². The molecule has 1 heterocycles. The van der Waals surface area contributed by atoms with E-state index in [1.54, 1.807) is 22.5 Å². The molecule has 1 fully saturated rings. The quantitative estimate of drug-likeness (QED) is 0.823. The predicted molar refractivity (Wildman–Crippen MR) is 79.4 cm³/mol. The van der Waals surface area contributed by atoms with Gasteiger partial charge in [0.2, 0.25) is 10.0 Å². The molecule has 0 bridgehead atoms. The Bertz CT molecular complexity index is 543. The standard InChI is InChI=1S/C12H16BrNO2S2/c1-12(2)9-14(7-8-17-12)18(15,16)11-6-4-3-5-10(11)13/h3-6H,7-9H2,1-2H3. The van der Waals surface area contributed by atoms with E-state index in [0.29, 0.717) is 22.5 Å². The van der Waals surface area contributed by atoms with Gasteiger partial charge in [0.05, 0.1) is 4.90 Å². The molecule has 0 radical (unpaired) electrons. The van der Waals surface area contributed by atoms with Crippen LogP contribution in [-0.2, 0) is 10.0 Å². The third kappa shape index (κ3) is 2.92. The van der Waals surface area contributed by atoms with E-state index < -0.39 is 10.0 Å². The lowest BCUT2D eigenvalue weighted by atomic mass is 10.2. The van der Waals surface area contributed by atoms with Crippen molar-refractivity contribution in [1.29, 1.82) is 0 Å². The van der Waals surface area contributed by atoms with Crippen LogP contribution in [0.1, 0.15) is 13.8 Å². The fourth-order valence-electron chi connectivity index (χ4n) is 1.97. The van der Waals surface area contributed by atoms with Gasteiger partial charge in [0, 0.05) is 28.1 Å². The number of hydrogen-bond donors (Lipinski definition) is 0. The Balaban J connectivity index is 2.35. The zero-order valence-corrected chi connectivity index (χ0v) is 13.6. The van der Waals surface area contributed by atoms with E-state index in [2.05, 4.69) is 29.8 Å². The number of thioether (sulfide) groups is 1.